The maximum atomic E-state index is 12.1. The van der Waals surface area contributed by atoms with E-state index in [1.54, 1.807) is 40.9 Å². The summed E-state index contributed by atoms with van der Waals surface area (Å²) in [7, 11) is 1.69. The number of hydrogen-bond acceptors (Lipinski definition) is 4. The second-order valence-corrected chi connectivity index (χ2v) is 5.45. The Kier molecular flexibility index (Phi) is 4.75. The van der Waals surface area contributed by atoms with Gasteiger partial charge in [-0.25, -0.2) is 9.59 Å². The molecule has 0 radical (unpaired) electrons. The van der Waals surface area contributed by atoms with Gasteiger partial charge in [-0.2, -0.15) is 5.10 Å². The van der Waals surface area contributed by atoms with Crippen molar-refractivity contribution >= 4 is 12.1 Å². The van der Waals surface area contributed by atoms with Gasteiger partial charge < -0.3 is 9.84 Å². The van der Waals surface area contributed by atoms with Gasteiger partial charge in [0.25, 0.3) is 0 Å². The van der Waals surface area contributed by atoms with Crippen molar-refractivity contribution in [3.8, 4) is 0 Å². The standard InChI is InChI=1S/C13H21N3O4/c1-6-16(12(19)20-13(2,3)4)10(11(17)18)9-7-14-15(5)8-9/h7-8,10H,6H2,1-5H3,(H,17,18). The van der Waals surface area contributed by atoms with Gasteiger partial charge in [-0.05, 0) is 27.7 Å². The number of carbonyl (C=O) groups is 2. The Hall–Kier alpha value is -2.05. The molecule has 1 rings (SSSR count). The fraction of sp³-hybridized carbons (Fsp3) is 0.615. The van der Waals surface area contributed by atoms with Crippen molar-refractivity contribution in [3.63, 3.8) is 0 Å². The molecular weight excluding hydrogens is 262 g/mol. The third-order valence-electron chi connectivity index (χ3n) is 2.55. The minimum Gasteiger partial charge on any atom is -0.479 e. The molecule has 0 saturated heterocycles. The number of nitrogens with zero attached hydrogens (tertiary/aromatic N) is 3. The zero-order chi connectivity index (χ0) is 15.5. The van der Waals surface area contributed by atoms with E-state index in [0.29, 0.717) is 5.56 Å². The molecule has 1 atom stereocenters. The second-order valence-electron chi connectivity index (χ2n) is 5.45. The number of aliphatic carboxylic acids is 1. The van der Waals surface area contributed by atoms with Crippen LogP contribution < -0.4 is 0 Å². The summed E-state index contributed by atoms with van der Waals surface area (Å²) in [5.74, 6) is -1.12. The summed E-state index contributed by atoms with van der Waals surface area (Å²) in [5.41, 5.74) is -0.240. The number of ether oxygens (including phenoxy) is 1. The van der Waals surface area contributed by atoms with Crippen molar-refractivity contribution in [1.29, 1.82) is 0 Å². The zero-order valence-corrected chi connectivity index (χ0v) is 12.5. The molecule has 0 spiro atoms. The number of rotatable bonds is 4. The maximum Gasteiger partial charge on any atom is 0.411 e. The number of aryl methyl sites for hydroxylation is 1. The van der Waals surface area contributed by atoms with E-state index in [0.717, 1.165) is 0 Å². The highest BCUT2D eigenvalue weighted by Gasteiger charge is 2.33. The lowest BCUT2D eigenvalue weighted by molar-refractivity contribution is -0.143. The number of likely N-dealkylation sites (N-methyl/N-ethyl adjacent to an activating group) is 1. The van der Waals surface area contributed by atoms with Gasteiger partial charge in [-0.15, -0.1) is 0 Å². The number of amides is 1. The molecule has 0 saturated carbocycles. The van der Waals surface area contributed by atoms with Crippen LogP contribution in [0.4, 0.5) is 4.79 Å². The maximum absolute atomic E-state index is 12.1. The van der Waals surface area contributed by atoms with E-state index in [2.05, 4.69) is 5.10 Å². The van der Waals surface area contributed by atoms with Crippen LogP contribution in [0.15, 0.2) is 12.4 Å². The van der Waals surface area contributed by atoms with Crippen LogP contribution in [0.3, 0.4) is 0 Å². The van der Waals surface area contributed by atoms with E-state index in [9.17, 15) is 14.7 Å². The van der Waals surface area contributed by atoms with Crippen LogP contribution in [0.1, 0.15) is 39.3 Å². The lowest BCUT2D eigenvalue weighted by atomic mass is 10.1. The zero-order valence-electron chi connectivity index (χ0n) is 12.5. The van der Waals surface area contributed by atoms with Crippen molar-refractivity contribution in [3.05, 3.63) is 18.0 Å². The number of carboxylic acids is 1. The third kappa shape index (κ3) is 3.97. The summed E-state index contributed by atoms with van der Waals surface area (Å²) in [4.78, 5) is 24.8. The summed E-state index contributed by atoms with van der Waals surface area (Å²) in [6.45, 7) is 7.13. The minimum absolute atomic E-state index is 0.223. The Labute approximate surface area is 118 Å². The Morgan fingerprint density at radius 2 is 2.10 bits per heavy atom. The largest absolute Gasteiger partial charge is 0.479 e. The van der Waals surface area contributed by atoms with E-state index in [-0.39, 0.29) is 6.54 Å². The molecule has 112 valence electrons. The van der Waals surface area contributed by atoms with Gasteiger partial charge >= 0.3 is 12.1 Å². The summed E-state index contributed by atoms with van der Waals surface area (Å²) in [6, 6.07) is -1.11. The summed E-state index contributed by atoms with van der Waals surface area (Å²) >= 11 is 0. The molecule has 1 aromatic heterocycles. The predicted molar refractivity (Wildman–Crippen MR) is 72.2 cm³/mol. The topological polar surface area (TPSA) is 84.7 Å². The molecule has 0 aliphatic rings. The molecule has 0 fully saturated rings. The summed E-state index contributed by atoms with van der Waals surface area (Å²) in [5, 5.41) is 13.3. The number of hydrogen-bond donors (Lipinski definition) is 1. The van der Waals surface area contributed by atoms with Gasteiger partial charge in [0.05, 0.1) is 6.20 Å². The number of aromatic nitrogens is 2. The Morgan fingerprint density at radius 1 is 1.50 bits per heavy atom. The van der Waals surface area contributed by atoms with Gasteiger partial charge in [-0.3, -0.25) is 9.58 Å². The lowest BCUT2D eigenvalue weighted by Gasteiger charge is -2.30. The van der Waals surface area contributed by atoms with Crippen molar-refractivity contribution in [2.24, 2.45) is 7.05 Å². The van der Waals surface area contributed by atoms with E-state index in [1.165, 1.54) is 15.8 Å². The van der Waals surface area contributed by atoms with E-state index < -0.39 is 23.7 Å². The molecule has 1 amide bonds. The van der Waals surface area contributed by atoms with Gasteiger partial charge in [-0.1, -0.05) is 0 Å². The van der Waals surface area contributed by atoms with E-state index in [4.69, 9.17) is 4.74 Å². The Balaban J connectivity index is 3.05. The first-order valence-electron chi connectivity index (χ1n) is 6.36. The molecule has 1 aromatic rings. The third-order valence-corrected chi connectivity index (χ3v) is 2.55. The van der Waals surface area contributed by atoms with Crippen molar-refractivity contribution in [2.45, 2.75) is 39.3 Å². The van der Waals surface area contributed by atoms with Gasteiger partial charge in [0, 0.05) is 25.4 Å². The van der Waals surface area contributed by atoms with Gasteiger partial charge in [0.2, 0.25) is 0 Å². The fourth-order valence-corrected chi connectivity index (χ4v) is 1.77. The molecule has 0 aliphatic heterocycles. The lowest BCUT2D eigenvalue weighted by Crippen LogP contribution is -2.42. The molecule has 7 nitrogen and oxygen atoms in total. The van der Waals surface area contributed by atoms with Crippen LogP contribution >= 0.6 is 0 Å². The van der Waals surface area contributed by atoms with Crippen LogP contribution in [0.2, 0.25) is 0 Å². The van der Waals surface area contributed by atoms with Crippen LogP contribution in [0.25, 0.3) is 0 Å². The average molecular weight is 283 g/mol. The Bertz CT molecular complexity index is 490. The van der Waals surface area contributed by atoms with Gasteiger partial charge in [0.15, 0.2) is 6.04 Å². The molecule has 7 heteroatoms. The molecule has 1 unspecified atom stereocenters. The smallest absolute Gasteiger partial charge is 0.411 e. The van der Waals surface area contributed by atoms with Crippen LogP contribution in [0, 0.1) is 0 Å². The molecule has 1 heterocycles. The SMILES string of the molecule is CCN(C(=O)OC(C)(C)C)C(C(=O)O)c1cnn(C)c1. The summed E-state index contributed by atoms with van der Waals surface area (Å²) in [6.07, 6.45) is 2.36. The molecule has 0 aliphatic carbocycles. The molecule has 20 heavy (non-hydrogen) atoms. The monoisotopic (exact) mass is 283 g/mol. The second kappa shape index (κ2) is 5.94. The van der Waals surface area contributed by atoms with Crippen LogP contribution in [-0.2, 0) is 16.6 Å². The quantitative estimate of drug-likeness (QED) is 0.910. The van der Waals surface area contributed by atoms with Crippen molar-refractivity contribution < 1.29 is 19.4 Å². The highest BCUT2D eigenvalue weighted by atomic mass is 16.6. The van der Waals surface area contributed by atoms with Crippen LogP contribution in [0.5, 0.6) is 0 Å². The normalized spacial score (nSPS) is 12.8. The first-order valence-corrected chi connectivity index (χ1v) is 6.36. The van der Waals surface area contributed by atoms with Crippen molar-refractivity contribution in [2.75, 3.05) is 6.54 Å². The minimum atomic E-state index is -1.12. The van der Waals surface area contributed by atoms with Gasteiger partial charge in [0.1, 0.15) is 5.60 Å². The summed E-state index contributed by atoms with van der Waals surface area (Å²) < 4.78 is 6.74. The predicted octanol–water partition coefficient (Wildman–Crippen LogP) is 1.80. The number of carbonyl (C=O) groups excluding carboxylic acids is 1. The van der Waals surface area contributed by atoms with E-state index >= 15 is 0 Å². The molecule has 0 aromatic carbocycles. The molecular formula is C13H21N3O4. The van der Waals surface area contributed by atoms with Crippen LogP contribution in [-0.4, -0.2) is 44.0 Å². The first-order chi connectivity index (χ1) is 9.15. The molecule has 1 N–H and O–H groups in total. The molecule has 0 bridgehead atoms. The highest BCUT2D eigenvalue weighted by molar-refractivity contribution is 5.81. The average Bonchev–Trinajstić information content (AvgIpc) is 2.68. The Morgan fingerprint density at radius 3 is 2.45 bits per heavy atom. The van der Waals surface area contributed by atoms with Crippen molar-refractivity contribution in [1.82, 2.24) is 14.7 Å². The first kappa shape index (κ1) is 16.0. The highest BCUT2D eigenvalue weighted by Crippen LogP contribution is 2.23. The van der Waals surface area contributed by atoms with E-state index in [1.807, 2.05) is 0 Å². The number of carboxylic acid groups (broad SMARTS) is 1. The fourth-order valence-electron chi connectivity index (χ4n) is 1.77.